The molecule has 0 heterocycles. The standard InChI is InChI=1S/C25H33NO7S/c1-25(2,3)33-24(27)19-26-22-11-7-20(8-12-22)5-6-21-9-13-23(14-10-21)31-17-15-30-16-18-32-34(4,28)29/h5-14,26H,15-19H2,1-4H3. The summed E-state index contributed by atoms with van der Waals surface area (Å²) in [6.45, 7) is 6.49. The average Bonchev–Trinajstić information content (AvgIpc) is 2.75. The number of benzene rings is 2. The molecule has 8 nitrogen and oxygen atoms in total. The monoisotopic (exact) mass is 491 g/mol. The fraction of sp³-hybridized carbons (Fsp3) is 0.400. The lowest BCUT2D eigenvalue weighted by Gasteiger charge is -2.19. The molecule has 0 aliphatic heterocycles. The number of ether oxygens (including phenoxy) is 3. The molecule has 0 saturated carbocycles. The minimum absolute atomic E-state index is 0.00874. The van der Waals surface area contributed by atoms with Crippen LogP contribution < -0.4 is 10.1 Å². The van der Waals surface area contributed by atoms with Gasteiger partial charge in [-0.15, -0.1) is 0 Å². The Morgan fingerprint density at radius 1 is 0.882 bits per heavy atom. The zero-order chi connectivity index (χ0) is 25.0. The number of hydrogen-bond donors (Lipinski definition) is 1. The van der Waals surface area contributed by atoms with E-state index in [2.05, 4.69) is 9.50 Å². The second-order valence-electron chi connectivity index (χ2n) is 8.45. The van der Waals surface area contributed by atoms with Crippen molar-refractivity contribution in [3.8, 4) is 5.75 Å². The Morgan fingerprint density at radius 2 is 1.44 bits per heavy atom. The van der Waals surface area contributed by atoms with Gasteiger partial charge in [0, 0.05) is 5.69 Å². The quantitative estimate of drug-likeness (QED) is 0.194. The predicted octanol–water partition coefficient (Wildman–Crippen LogP) is 3.98. The summed E-state index contributed by atoms with van der Waals surface area (Å²) >= 11 is 0. The van der Waals surface area contributed by atoms with Crippen LogP contribution in [0.1, 0.15) is 31.9 Å². The van der Waals surface area contributed by atoms with Gasteiger partial charge in [-0.05, 0) is 56.2 Å². The van der Waals surface area contributed by atoms with E-state index in [0.29, 0.717) is 19.0 Å². The van der Waals surface area contributed by atoms with Gasteiger partial charge in [0.1, 0.15) is 24.5 Å². The highest BCUT2D eigenvalue weighted by Gasteiger charge is 2.15. The number of rotatable bonds is 13. The normalized spacial score (nSPS) is 12.0. The summed E-state index contributed by atoms with van der Waals surface area (Å²) in [5.41, 5.74) is 2.40. The van der Waals surface area contributed by atoms with Gasteiger partial charge in [-0.1, -0.05) is 36.4 Å². The lowest BCUT2D eigenvalue weighted by Crippen LogP contribution is -2.28. The van der Waals surface area contributed by atoms with Gasteiger partial charge in [-0.25, -0.2) is 0 Å². The zero-order valence-corrected chi connectivity index (χ0v) is 20.9. The van der Waals surface area contributed by atoms with Gasteiger partial charge < -0.3 is 19.5 Å². The number of carbonyl (C=O) groups excluding carboxylic acids is 1. The molecule has 1 N–H and O–H groups in total. The van der Waals surface area contributed by atoms with E-state index in [9.17, 15) is 13.2 Å². The third-order valence-electron chi connectivity index (χ3n) is 4.14. The molecule has 2 aromatic rings. The van der Waals surface area contributed by atoms with Crippen LogP contribution >= 0.6 is 0 Å². The largest absolute Gasteiger partial charge is 0.491 e. The van der Waals surface area contributed by atoms with Crippen LogP contribution in [0, 0.1) is 0 Å². The van der Waals surface area contributed by atoms with Crippen molar-refractivity contribution in [2.45, 2.75) is 26.4 Å². The Balaban J connectivity index is 1.71. The van der Waals surface area contributed by atoms with Gasteiger partial charge in [0.2, 0.25) is 0 Å². The molecule has 186 valence electrons. The maximum atomic E-state index is 11.8. The highest BCUT2D eigenvalue weighted by molar-refractivity contribution is 7.85. The number of esters is 1. The predicted molar refractivity (Wildman–Crippen MR) is 133 cm³/mol. The summed E-state index contributed by atoms with van der Waals surface area (Å²) in [5, 5.41) is 3.06. The van der Waals surface area contributed by atoms with Crippen molar-refractivity contribution in [3.05, 3.63) is 59.7 Å². The van der Waals surface area contributed by atoms with E-state index >= 15 is 0 Å². The van der Waals surface area contributed by atoms with Crippen LogP contribution in [0.5, 0.6) is 5.75 Å². The van der Waals surface area contributed by atoms with E-state index in [0.717, 1.165) is 23.1 Å². The zero-order valence-electron chi connectivity index (χ0n) is 20.1. The molecule has 0 bridgehead atoms. The van der Waals surface area contributed by atoms with Gasteiger partial charge in [0.15, 0.2) is 0 Å². The van der Waals surface area contributed by atoms with E-state index < -0.39 is 15.7 Å². The van der Waals surface area contributed by atoms with Crippen molar-refractivity contribution in [2.75, 3.05) is 44.5 Å². The van der Waals surface area contributed by atoms with Gasteiger partial charge in [-0.2, -0.15) is 8.42 Å². The molecule has 0 fully saturated rings. The molecule has 0 atom stereocenters. The Morgan fingerprint density at radius 3 is 2.00 bits per heavy atom. The van der Waals surface area contributed by atoms with Crippen LogP contribution in [0.25, 0.3) is 12.2 Å². The van der Waals surface area contributed by atoms with Crippen LogP contribution in [0.3, 0.4) is 0 Å². The molecular formula is C25H33NO7S. The van der Waals surface area contributed by atoms with E-state index in [1.807, 2.05) is 81.5 Å². The summed E-state index contributed by atoms with van der Waals surface area (Å²) in [6.07, 6.45) is 5.00. The summed E-state index contributed by atoms with van der Waals surface area (Å²) in [5.74, 6) is 0.421. The van der Waals surface area contributed by atoms with Crippen molar-refractivity contribution in [1.29, 1.82) is 0 Å². The molecule has 0 saturated heterocycles. The molecular weight excluding hydrogens is 458 g/mol. The summed E-state index contributed by atoms with van der Waals surface area (Å²) in [7, 11) is -3.43. The Kier molecular flexibility index (Phi) is 10.6. The Bertz CT molecular complexity index is 1020. The summed E-state index contributed by atoms with van der Waals surface area (Å²) < 4.78 is 42.4. The minimum atomic E-state index is -3.43. The maximum absolute atomic E-state index is 11.8. The SMILES string of the molecule is CC(C)(C)OC(=O)CNc1ccc(C=Cc2ccc(OCCOCCOS(C)(=O)=O)cc2)cc1. The molecule has 2 rings (SSSR count). The molecule has 0 amide bonds. The van der Waals surface area contributed by atoms with Crippen LogP contribution in [-0.2, 0) is 28.6 Å². The molecule has 0 unspecified atom stereocenters. The first-order valence-corrected chi connectivity index (χ1v) is 12.7. The summed E-state index contributed by atoms with van der Waals surface area (Å²) in [4.78, 5) is 11.8. The second kappa shape index (κ2) is 13.1. The van der Waals surface area contributed by atoms with Crippen LogP contribution in [-0.4, -0.2) is 59.2 Å². The maximum Gasteiger partial charge on any atom is 0.325 e. The van der Waals surface area contributed by atoms with Crippen molar-refractivity contribution in [1.82, 2.24) is 0 Å². The van der Waals surface area contributed by atoms with Crippen molar-refractivity contribution in [2.24, 2.45) is 0 Å². The van der Waals surface area contributed by atoms with Gasteiger partial charge in [0.05, 0.1) is 26.1 Å². The number of carbonyl (C=O) groups is 1. The van der Waals surface area contributed by atoms with Gasteiger partial charge in [-0.3, -0.25) is 8.98 Å². The minimum Gasteiger partial charge on any atom is -0.491 e. The lowest BCUT2D eigenvalue weighted by atomic mass is 10.1. The second-order valence-corrected chi connectivity index (χ2v) is 10.1. The Labute approximate surface area is 202 Å². The van der Waals surface area contributed by atoms with E-state index in [-0.39, 0.29) is 25.7 Å². The molecule has 0 radical (unpaired) electrons. The fourth-order valence-corrected chi connectivity index (χ4v) is 3.07. The average molecular weight is 492 g/mol. The first-order valence-electron chi connectivity index (χ1n) is 10.9. The smallest absolute Gasteiger partial charge is 0.325 e. The van der Waals surface area contributed by atoms with Crippen LogP contribution in [0.15, 0.2) is 48.5 Å². The first kappa shape index (κ1) is 27.4. The highest BCUT2D eigenvalue weighted by Crippen LogP contribution is 2.16. The van der Waals surface area contributed by atoms with Crippen molar-refractivity contribution >= 4 is 33.9 Å². The van der Waals surface area contributed by atoms with Crippen molar-refractivity contribution < 1.29 is 31.6 Å². The summed E-state index contributed by atoms with van der Waals surface area (Å²) in [6, 6.07) is 15.4. The number of anilines is 1. The van der Waals surface area contributed by atoms with Crippen LogP contribution in [0.2, 0.25) is 0 Å². The Hall–Kier alpha value is -2.88. The molecule has 0 aliphatic carbocycles. The molecule has 0 aliphatic rings. The topological polar surface area (TPSA) is 100 Å². The highest BCUT2D eigenvalue weighted by atomic mass is 32.2. The molecule has 2 aromatic carbocycles. The molecule has 0 spiro atoms. The van der Waals surface area contributed by atoms with Gasteiger partial charge >= 0.3 is 5.97 Å². The molecule has 34 heavy (non-hydrogen) atoms. The van der Waals surface area contributed by atoms with Crippen LogP contribution in [0.4, 0.5) is 5.69 Å². The number of nitrogens with one attached hydrogen (secondary N) is 1. The van der Waals surface area contributed by atoms with E-state index in [1.165, 1.54) is 0 Å². The number of hydrogen-bond acceptors (Lipinski definition) is 8. The first-order chi connectivity index (χ1) is 16.0. The molecule has 9 heteroatoms. The van der Waals surface area contributed by atoms with E-state index in [4.69, 9.17) is 14.2 Å². The van der Waals surface area contributed by atoms with E-state index in [1.54, 1.807) is 0 Å². The fourth-order valence-electron chi connectivity index (χ4n) is 2.70. The lowest BCUT2D eigenvalue weighted by molar-refractivity contribution is -0.152. The van der Waals surface area contributed by atoms with Gasteiger partial charge in [0.25, 0.3) is 10.1 Å². The third-order valence-corrected chi connectivity index (χ3v) is 4.73. The molecule has 0 aromatic heterocycles. The van der Waals surface area contributed by atoms with Crippen molar-refractivity contribution in [3.63, 3.8) is 0 Å². The third kappa shape index (κ3) is 12.4.